The van der Waals surface area contributed by atoms with Gasteiger partial charge in [0.05, 0.1) is 12.7 Å². The number of aryl methyl sites for hydroxylation is 1. The highest BCUT2D eigenvalue weighted by atomic mass is 16.5. The Morgan fingerprint density at radius 2 is 2.00 bits per heavy atom. The molecule has 0 amide bonds. The molecule has 104 valence electrons. The van der Waals surface area contributed by atoms with Gasteiger partial charge in [0, 0.05) is 6.42 Å². The van der Waals surface area contributed by atoms with Crippen molar-refractivity contribution in [3.05, 3.63) is 29.3 Å². The van der Waals surface area contributed by atoms with E-state index >= 15 is 0 Å². The number of ether oxygens (including phenoxy) is 1. The molecule has 1 fully saturated rings. The van der Waals surface area contributed by atoms with Crippen LogP contribution in [0.4, 0.5) is 0 Å². The van der Waals surface area contributed by atoms with Crippen LogP contribution in [0.25, 0.3) is 0 Å². The highest BCUT2D eigenvalue weighted by molar-refractivity contribution is 5.99. The lowest BCUT2D eigenvalue weighted by Gasteiger charge is -2.21. The SMILES string of the molecule is COc1c(C)cccc1C(=O)CCC1CCCCC1. The number of ketones is 1. The van der Waals surface area contributed by atoms with Crippen LogP contribution < -0.4 is 4.74 Å². The van der Waals surface area contributed by atoms with Gasteiger partial charge in [-0.25, -0.2) is 0 Å². The first kappa shape index (κ1) is 14.1. The Hall–Kier alpha value is -1.31. The molecule has 0 bridgehead atoms. The number of hydrogen-bond acceptors (Lipinski definition) is 2. The second-order valence-electron chi connectivity index (χ2n) is 5.62. The molecular weight excluding hydrogens is 236 g/mol. The maximum atomic E-state index is 12.3. The molecule has 1 aromatic rings. The van der Waals surface area contributed by atoms with E-state index in [0.717, 1.165) is 29.2 Å². The Labute approximate surface area is 116 Å². The number of methoxy groups -OCH3 is 1. The first-order chi connectivity index (χ1) is 9.22. The molecule has 0 N–H and O–H groups in total. The van der Waals surface area contributed by atoms with E-state index in [1.165, 1.54) is 32.1 Å². The summed E-state index contributed by atoms with van der Waals surface area (Å²) in [5.74, 6) is 1.73. The van der Waals surface area contributed by atoms with Crippen LogP contribution in [0.1, 0.15) is 60.9 Å². The molecule has 1 aliphatic rings. The lowest BCUT2D eigenvalue weighted by atomic mass is 9.85. The number of para-hydroxylation sites is 1. The van der Waals surface area contributed by atoms with E-state index in [2.05, 4.69) is 0 Å². The number of hydrogen-bond donors (Lipinski definition) is 0. The van der Waals surface area contributed by atoms with Crippen molar-refractivity contribution in [1.82, 2.24) is 0 Å². The van der Waals surface area contributed by atoms with Crippen molar-refractivity contribution in [2.75, 3.05) is 7.11 Å². The standard InChI is InChI=1S/C17H24O2/c1-13-7-6-10-15(17(13)19-2)16(18)12-11-14-8-4-3-5-9-14/h6-7,10,14H,3-5,8-9,11-12H2,1-2H3. The molecule has 19 heavy (non-hydrogen) atoms. The lowest BCUT2D eigenvalue weighted by molar-refractivity contribution is 0.0967. The van der Waals surface area contributed by atoms with Crippen LogP contribution >= 0.6 is 0 Å². The molecule has 0 aromatic heterocycles. The molecule has 1 aliphatic carbocycles. The lowest BCUT2D eigenvalue weighted by Crippen LogP contribution is -2.10. The van der Waals surface area contributed by atoms with Crippen molar-refractivity contribution in [1.29, 1.82) is 0 Å². The van der Waals surface area contributed by atoms with E-state index < -0.39 is 0 Å². The van der Waals surface area contributed by atoms with Crippen molar-refractivity contribution in [2.45, 2.75) is 51.9 Å². The van der Waals surface area contributed by atoms with Crippen molar-refractivity contribution in [2.24, 2.45) is 5.92 Å². The highest BCUT2D eigenvalue weighted by Crippen LogP contribution is 2.29. The van der Waals surface area contributed by atoms with E-state index in [1.54, 1.807) is 7.11 Å². The maximum Gasteiger partial charge on any atom is 0.166 e. The van der Waals surface area contributed by atoms with Crippen LogP contribution in [0.3, 0.4) is 0 Å². The summed E-state index contributed by atoms with van der Waals surface area (Å²) in [6.45, 7) is 1.98. The summed E-state index contributed by atoms with van der Waals surface area (Å²) in [6, 6.07) is 5.80. The Balaban J connectivity index is 1.97. The fourth-order valence-corrected chi connectivity index (χ4v) is 3.09. The number of benzene rings is 1. The number of rotatable bonds is 5. The third-order valence-corrected chi connectivity index (χ3v) is 4.22. The molecule has 2 heteroatoms. The number of carbonyl (C=O) groups is 1. The predicted octanol–water partition coefficient (Wildman–Crippen LogP) is 4.55. The topological polar surface area (TPSA) is 26.3 Å². The van der Waals surface area contributed by atoms with Crippen LogP contribution in [-0.4, -0.2) is 12.9 Å². The molecule has 2 nitrogen and oxygen atoms in total. The van der Waals surface area contributed by atoms with E-state index in [0.29, 0.717) is 6.42 Å². The van der Waals surface area contributed by atoms with Gasteiger partial charge in [0.1, 0.15) is 5.75 Å². The molecule has 1 aromatic carbocycles. The Morgan fingerprint density at radius 1 is 1.26 bits per heavy atom. The van der Waals surface area contributed by atoms with Gasteiger partial charge in [-0.1, -0.05) is 44.2 Å². The molecule has 0 aliphatic heterocycles. The first-order valence-electron chi connectivity index (χ1n) is 7.39. The van der Waals surface area contributed by atoms with Gasteiger partial charge in [0.2, 0.25) is 0 Å². The summed E-state index contributed by atoms with van der Waals surface area (Å²) < 4.78 is 5.37. The van der Waals surface area contributed by atoms with Gasteiger partial charge in [0.25, 0.3) is 0 Å². The summed E-state index contributed by atoms with van der Waals surface area (Å²) in [5, 5.41) is 0. The van der Waals surface area contributed by atoms with E-state index in [4.69, 9.17) is 4.74 Å². The largest absolute Gasteiger partial charge is 0.496 e. The molecule has 0 saturated heterocycles. The van der Waals surface area contributed by atoms with Crippen molar-refractivity contribution in [3.8, 4) is 5.75 Å². The molecule has 0 radical (unpaired) electrons. The van der Waals surface area contributed by atoms with Crippen molar-refractivity contribution in [3.63, 3.8) is 0 Å². The van der Waals surface area contributed by atoms with Gasteiger partial charge < -0.3 is 4.74 Å². The van der Waals surface area contributed by atoms with Crippen LogP contribution in [0.15, 0.2) is 18.2 Å². The fraction of sp³-hybridized carbons (Fsp3) is 0.588. The summed E-state index contributed by atoms with van der Waals surface area (Å²) in [7, 11) is 1.64. The summed E-state index contributed by atoms with van der Waals surface area (Å²) >= 11 is 0. The smallest absolute Gasteiger partial charge is 0.166 e. The van der Waals surface area contributed by atoms with Crippen molar-refractivity contribution < 1.29 is 9.53 Å². The first-order valence-corrected chi connectivity index (χ1v) is 7.39. The van der Waals surface area contributed by atoms with E-state index in [-0.39, 0.29) is 5.78 Å². The fourth-order valence-electron chi connectivity index (χ4n) is 3.09. The third-order valence-electron chi connectivity index (χ3n) is 4.22. The second-order valence-corrected chi connectivity index (χ2v) is 5.62. The van der Waals surface area contributed by atoms with E-state index in [9.17, 15) is 4.79 Å². The van der Waals surface area contributed by atoms with Gasteiger partial charge in [-0.3, -0.25) is 4.79 Å². The zero-order chi connectivity index (χ0) is 13.7. The van der Waals surface area contributed by atoms with Gasteiger partial charge in [-0.15, -0.1) is 0 Å². The van der Waals surface area contributed by atoms with Crippen molar-refractivity contribution >= 4 is 5.78 Å². The van der Waals surface area contributed by atoms with Crippen LogP contribution in [0, 0.1) is 12.8 Å². The minimum Gasteiger partial charge on any atom is -0.496 e. The van der Waals surface area contributed by atoms with Crippen LogP contribution in [-0.2, 0) is 0 Å². The number of Topliss-reactive ketones (excluding diaryl/α,β-unsaturated/α-hetero) is 1. The number of carbonyl (C=O) groups excluding carboxylic acids is 1. The summed E-state index contributed by atoms with van der Waals surface area (Å²) in [5.41, 5.74) is 1.78. The molecule has 0 spiro atoms. The average molecular weight is 260 g/mol. The quantitative estimate of drug-likeness (QED) is 0.726. The van der Waals surface area contributed by atoms with Gasteiger partial charge in [0.15, 0.2) is 5.78 Å². The highest BCUT2D eigenvalue weighted by Gasteiger charge is 2.18. The minimum atomic E-state index is 0.228. The van der Waals surface area contributed by atoms with Crippen LogP contribution in [0.2, 0.25) is 0 Å². The molecule has 1 saturated carbocycles. The van der Waals surface area contributed by atoms with Gasteiger partial charge in [-0.2, -0.15) is 0 Å². The molecular formula is C17H24O2. The minimum absolute atomic E-state index is 0.228. The Kier molecular flexibility index (Phi) is 5.00. The zero-order valence-corrected chi connectivity index (χ0v) is 12.1. The predicted molar refractivity (Wildman–Crippen MR) is 77.9 cm³/mol. The third kappa shape index (κ3) is 3.59. The van der Waals surface area contributed by atoms with Gasteiger partial charge >= 0.3 is 0 Å². The molecule has 0 heterocycles. The molecule has 0 atom stereocenters. The normalized spacial score (nSPS) is 16.3. The van der Waals surface area contributed by atoms with E-state index in [1.807, 2.05) is 25.1 Å². The summed E-state index contributed by atoms with van der Waals surface area (Å²) in [4.78, 5) is 12.3. The average Bonchev–Trinajstić information content (AvgIpc) is 2.45. The Bertz CT molecular complexity index is 431. The zero-order valence-electron chi connectivity index (χ0n) is 12.1. The molecule has 0 unspecified atom stereocenters. The van der Waals surface area contributed by atoms with Gasteiger partial charge in [-0.05, 0) is 30.9 Å². The second kappa shape index (κ2) is 6.74. The Morgan fingerprint density at radius 3 is 2.68 bits per heavy atom. The van der Waals surface area contributed by atoms with Crippen LogP contribution in [0.5, 0.6) is 5.75 Å². The summed E-state index contributed by atoms with van der Waals surface area (Å²) in [6.07, 6.45) is 8.35. The molecule has 2 rings (SSSR count). The maximum absolute atomic E-state index is 12.3. The monoisotopic (exact) mass is 260 g/mol.